The van der Waals surface area contributed by atoms with Gasteiger partial charge in [0.05, 0.1) is 0 Å². The van der Waals surface area contributed by atoms with E-state index < -0.39 is 0 Å². The molecule has 0 aromatic heterocycles. The smallest absolute Gasteiger partial charge is 0.254 e. The number of piperidine rings is 1. The van der Waals surface area contributed by atoms with E-state index in [0.717, 1.165) is 37.8 Å². The highest BCUT2D eigenvalue weighted by Crippen LogP contribution is 2.32. The number of rotatable bonds is 5. The zero-order valence-corrected chi connectivity index (χ0v) is 15.7. The van der Waals surface area contributed by atoms with Crippen LogP contribution in [-0.4, -0.2) is 42.2 Å². The summed E-state index contributed by atoms with van der Waals surface area (Å²) in [6.07, 6.45) is 4.11. The fourth-order valence-electron chi connectivity index (χ4n) is 3.52. The van der Waals surface area contributed by atoms with Crippen LogP contribution >= 0.6 is 11.6 Å². The van der Waals surface area contributed by atoms with Gasteiger partial charge in [-0.1, -0.05) is 23.7 Å². The molecule has 1 amide bonds. The highest BCUT2D eigenvalue weighted by Gasteiger charge is 2.27. The normalized spacial score (nSPS) is 17.3. The van der Waals surface area contributed by atoms with Crippen molar-refractivity contribution in [3.63, 3.8) is 0 Å². The summed E-state index contributed by atoms with van der Waals surface area (Å²) in [7, 11) is 1.69. The van der Waals surface area contributed by atoms with Crippen LogP contribution < -0.4 is 0 Å². The molecule has 0 radical (unpaired) electrons. The Morgan fingerprint density at radius 1 is 1.23 bits per heavy atom. The number of phenolic OH excluding ortho intramolecular Hbond substituents is 1. The maximum Gasteiger partial charge on any atom is 0.254 e. The van der Waals surface area contributed by atoms with Crippen LogP contribution in [0.25, 0.3) is 11.1 Å². The molecule has 138 valence electrons. The Labute approximate surface area is 159 Å². The average molecular weight is 374 g/mol. The summed E-state index contributed by atoms with van der Waals surface area (Å²) < 4.78 is 5.19. The Morgan fingerprint density at radius 3 is 2.73 bits per heavy atom. The van der Waals surface area contributed by atoms with Crippen LogP contribution in [0.4, 0.5) is 0 Å². The van der Waals surface area contributed by atoms with Gasteiger partial charge in [0, 0.05) is 42.5 Å². The average Bonchev–Trinajstić information content (AvgIpc) is 2.68. The van der Waals surface area contributed by atoms with Gasteiger partial charge in [0.2, 0.25) is 0 Å². The van der Waals surface area contributed by atoms with E-state index in [-0.39, 0.29) is 17.7 Å². The largest absolute Gasteiger partial charge is 0.507 e. The molecule has 0 saturated carbocycles. The molecule has 2 aromatic carbocycles. The summed E-state index contributed by atoms with van der Waals surface area (Å²) >= 11 is 6.03. The first-order valence-electron chi connectivity index (χ1n) is 8.99. The minimum absolute atomic E-state index is 0.0627. The Balaban J connectivity index is 1.79. The topological polar surface area (TPSA) is 49.8 Å². The molecule has 4 nitrogen and oxygen atoms in total. The Kier molecular flexibility index (Phi) is 6.17. The van der Waals surface area contributed by atoms with Crippen molar-refractivity contribution in [2.45, 2.75) is 31.7 Å². The Hall–Kier alpha value is -2.04. The van der Waals surface area contributed by atoms with Gasteiger partial charge < -0.3 is 14.7 Å². The highest BCUT2D eigenvalue weighted by atomic mass is 35.5. The molecular weight excluding hydrogens is 350 g/mol. The van der Waals surface area contributed by atoms with E-state index in [1.54, 1.807) is 25.3 Å². The molecule has 1 aliphatic rings. The molecule has 5 heteroatoms. The number of benzene rings is 2. The molecule has 0 spiro atoms. The lowest BCUT2D eigenvalue weighted by Gasteiger charge is -2.36. The van der Waals surface area contributed by atoms with Gasteiger partial charge in [0.15, 0.2) is 0 Å². The van der Waals surface area contributed by atoms with Crippen molar-refractivity contribution >= 4 is 17.5 Å². The minimum atomic E-state index is 0.0627. The summed E-state index contributed by atoms with van der Waals surface area (Å²) in [6, 6.07) is 12.5. The van der Waals surface area contributed by atoms with Gasteiger partial charge in [-0.3, -0.25) is 4.79 Å². The van der Waals surface area contributed by atoms with E-state index in [1.807, 2.05) is 29.2 Å². The van der Waals surface area contributed by atoms with Crippen LogP contribution in [0.15, 0.2) is 42.5 Å². The molecule has 0 unspecified atom stereocenters. The predicted molar refractivity (Wildman–Crippen MR) is 104 cm³/mol. The molecule has 1 heterocycles. The number of ether oxygens (including phenoxy) is 1. The van der Waals surface area contributed by atoms with Gasteiger partial charge in [-0.2, -0.15) is 0 Å². The minimum Gasteiger partial charge on any atom is -0.507 e. The van der Waals surface area contributed by atoms with Crippen molar-refractivity contribution in [1.82, 2.24) is 4.90 Å². The first-order chi connectivity index (χ1) is 12.6. The Morgan fingerprint density at radius 2 is 2.00 bits per heavy atom. The number of likely N-dealkylation sites (tertiary alicyclic amines) is 1. The number of hydrogen-bond acceptors (Lipinski definition) is 3. The van der Waals surface area contributed by atoms with E-state index in [9.17, 15) is 9.90 Å². The maximum absolute atomic E-state index is 13.0. The molecule has 1 N–H and O–H groups in total. The first kappa shape index (κ1) is 18.7. The van der Waals surface area contributed by atoms with Crippen molar-refractivity contribution in [1.29, 1.82) is 0 Å². The number of nitrogens with zero attached hydrogens (tertiary/aromatic N) is 1. The molecular formula is C21H24ClNO3. The molecule has 0 bridgehead atoms. The van der Waals surface area contributed by atoms with Gasteiger partial charge in [0.1, 0.15) is 5.75 Å². The van der Waals surface area contributed by atoms with Crippen molar-refractivity contribution < 1.29 is 14.6 Å². The van der Waals surface area contributed by atoms with Crippen LogP contribution in [0.5, 0.6) is 5.75 Å². The third kappa shape index (κ3) is 4.19. The molecule has 26 heavy (non-hydrogen) atoms. The van der Waals surface area contributed by atoms with Gasteiger partial charge in [-0.25, -0.2) is 0 Å². The zero-order chi connectivity index (χ0) is 18.5. The van der Waals surface area contributed by atoms with Crippen molar-refractivity contribution in [3.8, 4) is 16.9 Å². The number of carbonyl (C=O) groups is 1. The van der Waals surface area contributed by atoms with E-state index in [4.69, 9.17) is 16.3 Å². The lowest BCUT2D eigenvalue weighted by atomic mass is 9.97. The van der Waals surface area contributed by atoms with E-state index in [1.165, 1.54) is 0 Å². The fraction of sp³-hybridized carbons (Fsp3) is 0.381. The highest BCUT2D eigenvalue weighted by molar-refractivity contribution is 6.31. The van der Waals surface area contributed by atoms with E-state index >= 15 is 0 Å². The quantitative estimate of drug-likeness (QED) is 0.823. The van der Waals surface area contributed by atoms with E-state index in [2.05, 4.69) is 0 Å². The zero-order valence-electron chi connectivity index (χ0n) is 15.0. The number of halogens is 1. The number of amides is 1. The summed E-state index contributed by atoms with van der Waals surface area (Å²) in [4.78, 5) is 14.9. The fourth-order valence-corrected chi connectivity index (χ4v) is 3.69. The SMILES string of the molecule is COCC[C@@H]1CCCCN1C(=O)c1ccc(-c2cc(Cl)ccc2O)cc1. The standard InChI is InChI=1S/C21H24ClNO3/c1-26-13-11-18-4-2-3-12-23(18)21(25)16-7-5-15(6-8-16)19-14-17(22)9-10-20(19)24/h5-10,14,18,24H,2-4,11-13H2,1H3/t18-/m0/s1. The van der Waals surface area contributed by atoms with Gasteiger partial charge >= 0.3 is 0 Å². The molecule has 1 atom stereocenters. The summed E-state index contributed by atoms with van der Waals surface area (Å²) in [5.74, 6) is 0.233. The van der Waals surface area contributed by atoms with Crippen molar-refractivity contribution in [2.75, 3.05) is 20.3 Å². The van der Waals surface area contributed by atoms with Crippen LogP contribution in [0.3, 0.4) is 0 Å². The van der Waals surface area contributed by atoms with Crippen molar-refractivity contribution in [3.05, 3.63) is 53.1 Å². The van der Waals surface area contributed by atoms with Crippen LogP contribution in [0.2, 0.25) is 5.02 Å². The summed E-state index contributed by atoms with van der Waals surface area (Å²) in [5.41, 5.74) is 2.16. The molecule has 3 rings (SSSR count). The third-order valence-corrected chi connectivity index (χ3v) is 5.18. The van der Waals surface area contributed by atoms with Crippen molar-refractivity contribution in [2.24, 2.45) is 0 Å². The second-order valence-corrected chi connectivity index (χ2v) is 7.10. The lowest BCUT2D eigenvalue weighted by molar-refractivity contribution is 0.0553. The molecule has 2 aromatic rings. The van der Waals surface area contributed by atoms with Gasteiger partial charge in [-0.05, 0) is 61.6 Å². The van der Waals surface area contributed by atoms with Gasteiger partial charge in [-0.15, -0.1) is 0 Å². The summed E-state index contributed by atoms with van der Waals surface area (Å²) in [6.45, 7) is 1.46. The van der Waals surface area contributed by atoms with Gasteiger partial charge in [0.25, 0.3) is 5.91 Å². The number of carbonyl (C=O) groups excluding carboxylic acids is 1. The maximum atomic E-state index is 13.0. The number of aromatic hydroxyl groups is 1. The molecule has 1 aliphatic heterocycles. The van der Waals surface area contributed by atoms with E-state index in [0.29, 0.717) is 22.8 Å². The first-order valence-corrected chi connectivity index (χ1v) is 9.37. The Bertz CT molecular complexity index is 760. The molecule has 1 saturated heterocycles. The lowest BCUT2D eigenvalue weighted by Crippen LogP contribution is -2.44. The van der Waals surface area contributed by atoms with Crippen LogP contribution in [0.1, 0.15) is 36.0 Å². The second kappa shape index (κ2) is 8.56. The number of hydrogen-bond donors (Lipinski definition) is 1. The molecule has 0 aliphatic carbocycles. The number of phenols is 1. The van der Waals surface area contributed by atoms with Crippen LogP contribution in [0, 0.1) is 0 Å². The monoisotopic (exact) mass is 373 g/mol. The second-order valence-electron chi connectivity index (χ2n) is 6.67. The predicted octanol–water partition coefficient (Wildman–Crippen LogP) is 4.74. The van der Waals surface area contributed by atoms with Crippen LogP contribution in [-0.2, 0) is 4.74 Å². The molecule has 1 fully saturated rings. The third-order valence-electron chi connectivity index (χ3n) is 4.94. The number of methoxy groups -OCH3 is 1. The summed E-state index contributed by atoms with van der Waals surface area (Å²) in [5, 5.41) is 10.6.